The third-order valence-electron chi connectivity index (χ3n) is 2.57. The number of nitrogens with one attached hydrogen (secondary N) is 2. The molecule has 0 spiro atoms. The van der Waals surface area contributed by atoms with Crippen molar-refractivity contribution >= 4 is 12.3 Å². The van der Waals surface area contributed by atoms with E-state index in [9.17, 15) is 9.59 Å². The smallest absolute Gasteiger partial charge is 0.354 e. The SMILES string of the molecule is COC(=O)c1[nH]c(-c2cnc[nH]2)c(C=O)c1C. The van der Waals surface area contributed by atoms with Crippen LogP contribution < -0.4 is 0 Å². The average molecular weight is 233 g/mol. The molecule has 0 fully saturated rings. The van der Waals surface area contributed by atoms with E-state index in [-0.39, 0.29) is 5.69 Å². The van der Waals surface area contributed by atoms with Crippen molar-refractivity contribution in [3.05, 3.63) is 29.3 Å². The summed E-state index contributed by atoms with van der Waals surface area (Å²) in [6.45, 7) is 1.69. The van der Waals surface area contributed by atoms with Crippen molar-refractivity contribution in [1.82, 2.24) is 15.0 Å². The molecule has 0 unspecified atom stereocenters. The van der Waals surface area contributed by atoms with E-state index in [1.807, 2.05) is 0 Å². The highest BCUT2D eigenvalue weighted by Crippen LogP contribution is 2.25. The first-order valence-electron chi connectivity index (χ1n) is 4.93. The van der Waals surface area contributed by atoms with Gasteiger partial charge in [-0.05, 0) is 12.5 Å². The van der Waals surface area contributed by atoms with Gasteiger partial charge in [-0.2, -0.15) is 0 Å². The number of H-pyrrole nitrogens is 2. The van der Waals surface area contributed by atoms with Gasteiger partial charge in [0.15, 0.2) is 6.29 Å². The van der Waals surface area contributed by atoms with Crippen molar-refractivity contribution in [3.63, 3.8) is 0 Å². The van der Waals surface area contributed by atoms with E-state index in [0.717, 1.165) is 0 Å². The molecule has 2 aromatic heterocycles. The Hall–Kier alpha value is -2.37. The van der Waals surface area contributed by atoms with Gasteiger partial charge in [0, 0.05) is 5.56 Å². The zero-order chi connectivity index (χ0) is 12.4. The Bertz CT molecular complexity index is 555. The molecule has 2 N–H and O–H groups in total. The van der Waals surface area contributed by atoms with E-state index in [4.69, 9.17) is 0 Å². The number of nitrogens with zero attached hydrogens (tertiary/aromatic N) is 1. The Morgan fingerprint density at radius 2 is 2.29 bits per heavy atom. The average Bonchev–Trinajstić information content (AvgIpc) is 2.95. The number of methoxy groups -OCH3 is 1. The summed E-state index contributed by atoms with van der Waals surface area (Å²) in [5.41, 5.74) is 2.45. The first-order chi connectivity index (χ1) is 8.19. The topological polar surface area (TPSA) is 87.8 Å². The number of rotatable bonds is 3. The minimum Gasteiger partial charge on any atom is -0.464 e. The second kappa shape index (κ2) is 4.25. The van der Waals surface area contributed by atoms with Crippen LogP contribution in [0, 0.1) is 6.92 Å². The van der Waals surface area contributed by atoms with Crippen LogP contribution in [0.3, 0.4) is 0 Å². The van der Waals surface area contributed by atoms with Crippen molar-refractivity contribution in [2.45, 2.75) is 6.92 Å². The molecule has 6 nitrogen and oxygen atoms in total. The number of carbonyl (C=O) groups excluding carboxylic acids is 2. The molecule has 2 rings (SSSR count). The summed E-state index contributed by atoms with van der Waals surface area (Å²) in [5.74, 6) is -0.503. The van der Waals surface area contributed by atoms with Crippen LogP contribution in [0.2, 0.25) is 0 Å². The van der Waals surface area contributed by atoms with Crippen LogP contribution in [0.25, 0.3) is 11.4 Å². The summed E-state index contributed by atoms with van der Waals surface area (Å²) < 4.78 is 4.64. The molecule has 0 saturated carbocycles. The quantitative estimate of drug-likeness (QED) is 0.618. The molecule has 6 heteroatoms. The van der Waals surface area contributed by atoms with Gasteiger partial charge in [0.25, 0.3) is 0 Å². The number of aromatic nitrogens is 3. The number of ether oxygens (including phenoxy) is 1. The number of aldehydes is 1. The summed E-state index contributed by atoms with van der Waals surface area (Å²) in [5, 5.41) is 0. The fourth-order valence-corrected chi connectivity index (χ4v) is 1.67. The van der Waals surface area contributed by atoms with Gasteiger partial charge in [-0.15, -0.1) is 0 Å². The first-order valence-corrected chi connectivity index (χ1v) is 4.93. The molecule has 0 radical (unpaired) electrons. The van der Waals surface area contributed by atoms with Crippen LogP contribution in [-0.4, -0.2) is 34.3 Å². The fraction of sp³-hybridized carbons (Fsp3) is 0.182. The Balaban J connectivity index is 2.61. The Morgan fingerprint density at radius 3 is 2.82 bits per heavy atom. The van der Waals surface area contributed by atoms with Crippen molar-refractivity contribution in [1.29, 1.82) is 0 Å². The number of aromatic amines is 2. The molecule has 0 amide bonds. The van der Waals surface area contributed by atoms with E-state index in [2.05, 4.69) is 19.7 Å². The second-order valence-electron chi connectivity index (χ2n) is 3.49. The third-order valence-corrected chi connectivity index (χ3v) is 2.57. The lowest BCUT2D eigenvalue weighted by molar-refractivity contribution is 0.0594. The molecule has 0 atom stereocenters. The van der Waals surface area contributed by atoms with Gasteiger partial charge in [0.1, 0.15) is 5.69 Å². The maximum Gasteiger partial charge on any atom is 0.354 e. The standard InChI is InChI=1S/C11H11N3O3/c1-6-7(4-15)10(8-3-12-5-13-8)14-9(6)11(16)17-2/h3-5,14H,1-2H3,(H,12,13). The number of esters is 1. The molecule has 0 aromatic carbocycles. The lowest BCUT2D eigenvalue weighted by Crippen LogP contribution is -2.03. The Kier molecular flexibility index (Phi) is 2.78. The second-order valence-corrected chi connectivity index (χ2v) is 3.49. The summed E-state index contributed by atoms with van der Waals surface area (Å²) in [6, 6.07) is 0. The highest BCUT2D eigenvalue weighted by molar-refractivity contribution is 5.97. The van der Waals surface area contributed by atoms with Crippen LogP contribution in [0.15, 0.2) is 12.5 Å². The van der Waals surface area contributed by atoms with Crippen molar-refractivity contribution < 1.29 is 14.3 Å². The van der Waals surface area contributed by atoms with Crippen molar-refractivity contribution in [3.8, 4) is 11.4 Å². The van der Waals surface area contributed by atoms with E-state index >= 15 is 0 Å². The number of hydrogen-bond acceptors (Lipinski definition) is 4. The molecule has 2 aromatic rings. The summed E-state index contributed by atoms with van der Waals surface area (Å²) in [7, 11) is 1.29. The van der Waals surface area contributed by atoms with Gasteiger partial charge in [-0.3, -0.25) is 4.79 Å². The lowest BCUT2D eigenvalue weighted by Gasteiger charge is -1.96. The number of carbonyl (C=O) groups is 2. The summed E-state index contributed by atoms with van der Waals surface area (Å²) >= 11 is 0. The van der Waals surface area contributed by atoms with E-state index in [0.29, 0.717) is 28.8 Å². The van der Waals surface area contributed by atoms with Crippen molar-refractivity contribution in [2.75, 3.05) is 7.11 Å². The molecule has 0 aliphatic rings. The molecule has 0 aliphatic heterocycles. The number of hydrogen-bond donors (Lipinski definition) is 2. The molecule has 88 valence electrons. The third kappa shape index (κ3) is 1.73. The zero-order valence-electron chi connectivity index (χ0n) is 9.40. The fourth-order valence-electron chi connectivity index (χ4n) is 1.67. The van der Waals surface area contributed by atoms with Crippen LogP contribution in [0.4, 0.5) is 0 Å². The summed E-state index contributed by atoms with van der Waals surface area (Å²) in [4.78, 5) is 32.2. The maximum atomic E-state index is 11.5. The molecule has 0 aliphatic carbocycles. The predicted molar refractivity (Wildman–Crippen MR) is 59.8 cm³/mol. The minimum absolute atomic E-state index is 0.277. The highest BCUT2D eigenvalue weighted by Gasteiger charge is 2.20. The van der Waals surface area contributed by atoms with Crippen LogP contribution >= 0.6 is 0 Å². The Morgan fingerprint density at radius 1 is 1.53 bits per heavy atom. The van der Waals surface area contributed by atoms with Gasteiger partial charge < -0.3 is 14.7 Å². The van der Waals surface area contributed by atoms with E-state index in [1.54, 1.807) is 13.1 Å². The summed E-state index contributed by atoms with van der Waals surface area (Å²) in [6.07, 6.45) is 3.77. The molecule has 17 heavy (non-hydrogen) atoms. The molecule has 0 bridgehead atoms. The number of imidazole rings is 1. The van der Waals surface area contributed by atoms with E-state index < -0.39 is 5.97 Å². The van der Waals surface area contributed by atoms with Crippen LogP contribution in [0.1, 0.15) is 26.4 Å². The lowest BCUT2D eigenvalue weighted by atomic mass is 10.1. The molecular weight excluding hydrogens is 222 g/mol. The largest absolute Gasteiger partial charge is 0.464 e. The van der Waals surface area contributed by atoms with Crippen LogP contribution in [0.5, 0.6) is 0 Å². The Labute approximate surface area is 97.0 Å². The maximum absolute atomic E-state index is 11.5. The highest BCUT2D eigenvalue weighted by atomic mass is 16.5. The van der Waals surface area contributed by atoms with Gasteiger partial charge in [0.05, 0.1) is 31.0 Å². The molecular formula is C11H11N3O3. The molecule has 2 heterocycles. The van der Waals surface area contributed by atoms with Gasteiger partial charge >= 0.3 is 5.97 Å². The molecule has 0 saturated heterocycles. The zero-order valence-corrected chi connectivity index (χ0v) is 9.40. The van der Waals surface area contributed by atoms with Crippen molar-refractivity contribution in [2.24, 2.45) is 0 Å². The minimum atomic E-state index is -0.503. The normalized spacial score (nSPS) is 10.2. The van der Waals surface area contributed by atoms with Crippen LogP contribution in [-0.2, 0) is 4.74 Å². The predicted octanol–water partition coefficient (Wildman–Crippen LogP) is 1.31. The van der Waals surface area contributed by atoms with Gasteiger partial charge in [-0.25, -0.2) is 9.78 Å². The van der Waals surface area contributed by atoms with E-state index in [1.165, 1.54) is 13.4 Å². The van der Waals surface area contributed by atoms with Gasteiger partial charge in [0.2, 0.25) is 0 Å². The monoisotopic (exact) mass is 233 g/mol. The first kappa shape index (κ1) is 11.1. The van der Waals surface area contributed by atoms with Gasteiger partial charge in [-0.1, -0.05) is 0 Å².